The number of nitrogens with one attached hydrogen (secondary N) is 1. The zero-order chi connectivity index (χ0) is 14.5. The number of nitrogens with zero attached hydrogens (tertiary/aromatic N) is 1. The van der Waals surface area contributed by atoms with Gasteiger partial charge in [0.05, 0.1) is 24.3 Å². The predicted molar refractivity (Wildman–Crippen MR) is 76.8 cm³/mol. The molecule has 1 unspecified atom stereocenters. The quantitative estimate of drug-likeness (QED) is 0.882. The van der Waals surface area contributed by atoms with Crippen molar-refractivity contribution in [1.82, 2.24) is 10.2 Å². The zero-order valence-electron chi connectivity index (χ0n) is 11.4. The number of amides is 1. The molecule has 1 aliphatic rings. The van der Waals surface area contributed by atoms with Gasteiger partial charge >= 0.3 is 0 Å². The molecule has 1 fully saturated rings. The molecule has 1 atom stereocenters. The van der Waals surface area contributed by atoms with Gasteiger partial charge in [-0.25, -0.2) is 0 Å². The minimum atomic E-state index is -0.313. The van der Waals surface area contributed by atoms with Gasteiger partial charge in [-0.15, -0.1) is 0 Å². The maximum absolute atomic E-state index is 12.2. The van der Waals surface area contributed by atoms with Crippen LogP contribution in [0, 0.1) is 0 Å². The van der Waals surface area contributed by atoms with Crippen LogP contribution in [0.1, 0.15) is 12.5 Å². The number of hydrogen-bond donors (Lipinski definition) is 2. The second-order valence-electron chi connectivity index (χ2n) is 4.79. The third-order valence-corrected chi connectivity index (χ3v) is 3.67. The molecule has 1 heterocycles. The van der Waals surface area contributed by atoms with E-state index in [9.17, 15) is 9.90 Å². The summed E-state index contributed by atoms with van der Waals surface area (Å²) in [5.74, 6) is 0.113. The highest BCUT2D eigenvalue weighted by atomic mass is 35.5. The Hall–Kier alpha value is -1.30. The Labute approximate surface area is 123 Å². The van der Waals surface area contributed by atoms with Crippen molar-refractivity contribution in [2.45, 2.75) is 19.5 Å². The number of phenolic OH excluding ortho intramolecular Hbond substituents is 1. The Morgan fingerprint density at radius 3 is 2.90 bits per heavy atom. The topological polar surface area (TPSA) is 61.8 Å². The first-order valence-electron chi connectivity index (χ1n) is 6.66. The van der Waals surface area contributed by atoms with E-state index >= 15 is 0 Å². The molecule has 20 heavy (non-hydrogen) atoms. The van der Waals surface area contributed by atoms with Gasteiger partial charge < -0.3 is 20.1 Å². The van der Waals surface area contributed by atoms with E-state index in [-0.39, 0.29) is 17.7 Å². The molecule has 1 aromatic rings. The highest BCUT2D eigenvalue weighted by Crippen LogP contribution is 2.26. The molecule has 2 N–H and O–H groups in total. The lowest BCUT2D eigenvalue weighted by molar-refractivity contribution is -0.137. The van der Waals surface area contributed by atoms with Gasteiger partial charge in [0.1, 0.15) is 5.75 Å². The van der Waals surface area contributed by atoms with E-state index < -0.39 is 0 Å². The molecule has 0 radical (unpaired) electrons. The molecule has 1 amide bonds. The van der Waals surface area contributed by atoms with E-state index in [2.05, 4.69) is 5.32 Å². The first-order valence-corrected chi connectivity index (χ1v) is 7.03. The molecule has 0 saturated carbocycles. The van der Waals surface area contributed by atoms with E-state index in [4.69, 9.17) is 16.3 Å². The summed E-state index contributed by atoms with van der Waals surface area (Å²) in [5.41, 5.74) is 0.680. The second kappa shape index (κ2) is 6.92. The molecule has 6 heteroatoms. The number of aromatic hydroxyl groups is 1. The van der Waals surface area contributed by atoms with Crippen LogP contribution in [0.2, 0.25) is 5.02 Å². The van der Waals surface area contributed by atoms with Gasteiger partial charge in [0.25, 0.3) is 0 Å². The van der Waals surface area contributed by atoms with Crippen LogP contribution in [0.4, 0.5) is 0 Å². The lowest BCUT2D eigenvalue weighted by Gasteiger charge is -2.29. The SMILES string of the molecule is CC(NCc1cccc(Cl)c1O)C(=O)N1CCOCC1. The van der Waals surface area contributed by atoms with Crippen molar-refractivity contribution in [2.24, 2.45) is 0 Å². The lowest BCUT2D eigenvalue weighted by Crippen LogP contribution is -2.49. The van der Waals surface area contributed by atoms with Crippen LogP contribution in [-0.4, -0.2) is 48.3 Å². The van der Waals surface area contributed by atoms with Crippen LogP contribution >= 0.6 is 11.6 Å². The number of phenols is 1. The number of carbonyl (C=O) groups is 1. The normalized spacial score (nSPS) is 17.0. The Morgan fingerprint density at radius 2 is 2.20 bits per heavy atom. The molecular formula is C14H19ClN2O3. The van der Waals surface area contributed by atoms with E-state index in [1.165, 1.54) is 0 Å². The van der Waals surface area contributed by atoms with Gasteiger partial charge in [0.2, 0.25) is 5.91 Å². The minimum absolute atomic E-state index is 0.0508. The van der Waals surface area contributed by atoms with E-state index in [1.807, 2.05) is 6.92 Å². The molecule has 2 rings (SSSR count). The average Bonchev–Trinajstić information content (AvgIpc) is 2.48. The van der Waals surface area contributed by atoms with Crippen LogP contribution in [-0.2, 0) is 16.1 Å². The Bertz CT molecular complexity index is 475. The van der Waals surface area contributed by atoms with Gasteiger partial charge in [-0.2, -0.15) is 0 Å². The van der Waals surface area contributed by atoms with Crippen LogP contribution in [0.3, 0.4) is 0 Å². The van der Waals surface area contributed by atoms with Crippen LogP contribution in [0.15, 0.2) is 18.2 Å². The van der Waals surface area contributed by atoms with Gasteiger partial charge in [-0.3, -0.25) is 4.79 Å². The molecule has 0 aromatic heterocycles. The summed E-state index contributed by atoms with van der Waals surface area (Å²) in [7, 11) is 0. The van der Waals surface area contributed by atoms with Crippen LogP contribution < -0.4 is 5.32 Å². The van der Waals surface area contributed by atoms with Crippen molar-refractivity contribution in [2.75, 3.05) is 26.3 Å². The highest BCUT2D eigenvalue weighted by Gasteiger charge is 2.22. The largest absolute Gasteiger partial charge is 0.506 e. The van der Waals surface area contributed by atoms with Crippen molar-refractivity contribution in [1.29, 1.82) is 0 Å². The van der Waals surface area contributed by atoms with Crippen molar-refractivity contribution < 1.29 is 14.6 Å². The first kappa shape index (κ1) is 15.1. The van der Waals surface area contributed by atoms with Gasteiger partial charge in [-0.05, 0) is 13.0 Å². The number of rotatable bonds is 4. The standard InChI is InChI=1S/C14H19ClN2O3/c1-10(14(19)17-5-7-20-8-6-17)16-9-11-3-2-4-12(15)13(11)18/h2-4,10,16,18H,5-9H2,1H3. The predicted octanol–water partition coefficient (Wildman–Crippen LogP) is 1.38. The third-order valence-electron chi connectivity index (χ3n) is 3.36. The maximum Gasteiger partial charge on any atom is 0.239 e. The minimum Gasteiger partial charge on any atom is -0.506 e. The molecule has 0 spiro atoms. The molecule has 0 aliphatic carbocycles. The molecular weight excluding hydrogens is 280 g/mol. The maximum atomic E-state index is 12.2. The summed E-state index contributed by atoms with van der Waals surface area (Å²) in [6.45, 7) is 4.66. The molecule has 1 aliphatic heterocycles. The molecule has 5 nitrogen and oxygen atoms in total. The highest BCUT2D eigenvalue weighted by molar-refractivity contribution is 6.32. The van der Waals surface area contributed by atoms with Crippen molar-refractivity contribution in [3.63, 3.8) is 0 Å². The zero-order valence-corrected chi connectivity index (χ0v) is 12.2. The first-order chi connectivity index (χ1) is 9.59. The summed E-state index contributed by atoms with van der Waals surface area (Å²) >= 11 is 5.85. The fourth-order valence-corrected chi connectivity index (χ4v) is 2.30. The fraction of sp³-hybridized carbons (Fsp3) is 0.500. The number of para-hydroxylation sites is 1. The van der Waals surface area contributed by atoms with Crippen LogP contribution in [0.5, 0.6) is 5.75 Å². The number of benzene rings is 1. The summed E-state index contributed by atoms with van der Waals surface area (Å²) < 4.78 is 5.23. The van der Waals surface area contributed by atoms with E-state index in [0.717, 1.165) is 0 Å². The van der Waals surface area contributed by atoms with Crippen LogP contribution in [0.25, 0.3) is 0 Å². The lowest BCUT2D eigenvalue weighted by atomic mass is 10.2. The van der Waals surface area contributed by atoms with Crippen molar-refractivity contribution in [3.05, 3.63) is 28.8 Å². The van der Waals surface area contributed by atoms with E-state index in [0.29, 0.717) is 43.4 Å². The number of carbonyl (C=O) groups excluding carboxylic acids is 1. The Morgan fingerprint density at radius 1 is 1.50 bits per heavy atom. The molecule has 110 valence electrons. The van der Waals surface area contributed by atoms with Gasteiger partial charge in [0, 0.05) is 25.2 Å². The fourth-order valence-electron chi connectivity index (χ4n) is 2.11. The Balaban J connectivity index is 1.89. The van der Waals surface area contributed by atoms with Crippen molar-refractivity contribution in [3.8, 4) is 5.75 Å². The Kier molecular flexibility index (Phi) is 5.23. The van der Waals surface area contributed by atoms with Crippen molar-refractivity contribution >= 4 is 17.5 Å². The number of hydrogen-bond acceptors (Lipinski definition) is 4. The van der Waals surface area contributed by atoms with Gasteiger partial charge in [0.15, 0.2) is 0 Å². The summed E-state index contributed by atoms with van der Waals surface area (Å²) in [4.78, 5) is 14.0. The van der Waals surface area contributed by atoms with Gasteiger partial charge in [-0.1, -0.05) is 23.7 Å². The average molecular weight is 299 g/mol. The molecule has 0 bridgehead atoms. The second-order valence-corrected chi connectivity index (χ2v) is 5.20. The smallest absolute Gasteiger partial charge is 0.239 e. The summed E-state index contributed by atoms with van der Waals surface area (Å²) in [5, 5.41) is 13.2. The number of halogens is 1. The number of ether oxygens (including phenoxy) is 1. The number of morpholine rings is 1. The molecule has 1 saturated heterocycles. The van der Waals surface area contributed by atoms with E-state index in [1.54, 1.807) is 23.1 Å². The monoisotopic (exact) mass is 298 g/mol. The summed E-state index contributed by atoms with van der Waals surface area (Å²) in [6, 6.07) is 4.86. The summed E-state index contributed by atoms with van der Waals surface area (Å²) in [6.07, 6.45) is 0. The third kappa shape index (κ3) is 3.62. The molecule has 1 aromatic carbocycles.